The van der Waals surface area contributed by atoms with Gasteiger partial charge in [-0.25, -0.2) is 4.98 Å². The number of nitrogens with one attached hydrogen (secondary N) is 3. The van der Waals surface area contributed by atoms with Gasteiger partial charge in [0.2, 0.25) is 17.7 Å². The maximum atomic E-state index is 14.3. The molecular weight excluding hydrogens is 979 g/mol. The van der Waals surface area contributed by atoms with E-state index in [-0.39, 0.29) is 50.5 Å². The lowest BCUT2D eigenvalue weighted by Gasteiger charge is -2.35. The summed E-state index contributed by atoms with van der Waals surface area (Å²) in [6.45, 7) is 16.2. The molecule has 1 fully saturated rings. The Morgan fingerprint density at radius 2 is 1.54 bits per heavy atom. The predicted octanol–water partition coefficient (Wildman–Crippen LogP) is 6.90. The molecule has 5 N–H and O–H groups in total. The molecule has 0 bridgehead atoms. The molecule has 5 heterocycles. The van der Waals surface area contributed by atoms with Crippen LogP contribution in [0.4, 0.5) is 0 Å². The minimum absolute atomic E-state index is 0.0395. The summed E-state index contributed by atoms with van der Waals surface area (Å²) in [7, 11) is 0. The van der Waals surface area contributed by atoms with Crippen LogP contribution < -0.4 is 20.7 Å². The highest BCUT2D eigenvalue weighted by atomic mass is 32.1. The van der Waals surface area contributed by atoms with Crippen molar-refractivity contribution in [3.63, 3.8) is 0 Å². The first-order valence-corrected chi connectivity index (χ1v) is 26.6. The normalized spacial score (nSPS) is 17.1. The first-order valence-electron chi connectivity index (χ1n) is 24.9. The van der Waals surface area contributed by atoms with Crippen molar-refractivity contribution >= 4 is 52.0 Å². The number of hydrogen-bond acceptors (Lipinski definition) is 14. The van der Waals surface area contributed by atoms with Crippen molar-refractivity contribution in [1.82, 2.24) is 40.6 Å². The van der Waals surface area contributed by atoms with Gasteiger partial charge in [-0.3, -0.25) is 28.7 Å². The number of aliphatic hydroxyl groups is 2. The molecule has 390 valence electrons. The number of β-amino-alcohol motifs (C(OH)–C–C–N with tert-alkyl or cyclic N) is 1. The van der Waals surface area contributed by atoms with Crippen molar-refractivity contribution in [3.8, 4) is 32.3 Å². The second kappa shape index (κ2) is 23.3. The van der Waals surface area contributed by atoms with Gasteiger partial charge in [-0.05, 0) is 86.4 Å². The minimum Gasteiger partial charge on any atom is -0.484 e. The number of thiazole rings is 1. The molecule has 5 atom stereocenters. The Hall–Kier alpha value is -6.64. The number of aliphatic hydroxyl groups excluding tert-OH is 2. The lowest BCUT2D eigenvalue weighted by Crippen LogP contribution is -2.58. The molecule has 2 aliphatic rings. The van der Waals surface area contributed by atoms with Crippen molar-refractivity contribution in [1.29, 1.82) is 0 Å². The van der Waals surface area contributed by atoms with E-state index in [2.05, 4.69) is 45.0 Å². The van der Waals surface area contributed by atoms with E-state index in [4.69, 9.17) is 19.6 Å². The summed E-state index contributed by atoms with van der Waals surface area (Å²) in [6.07, 6.45) is -0.231. The number of hydrogen-bond donors (Lipinski definition) is 5. The molecule has 0 saturated carbocycles. The molecule has 0 aliphatic carbocycles. The average molecular weight is 1040 g/mol. The molecule has 3 aromatic carbocycles. The predicted molar refractivity (Wildman–Crippen MR) is 286 cm³/mol. The summed E-state index contributed by atoms with van der Waals surface area (Å²) in [6, 6.07) is 20.5. The van der Waals surface area contributed by atoms with E-state index in [1.54, 1.807) is 34.8 Å². The number of aliphatic imine (C=N–C) groups is 1. The highest BCUT2D eigenvalue weighted by Crippen LogP contribution is 2.40. The van der Waals surface area contributed by atoms with E-state index in [1.165, 1.54) is 4.90 Å². The third-order valence-electron chi connectivity index (χ3n) is 13.4. The minimum atomic E-state index is -1.01. The number of ether oxygens (including phenoxy) is 2. The van der Waals surface area contributed by atoms with Crippen molar-refractivity contribution in [3.05, 3.63) is 123 Å². The fraction of sp³-hybridized carbons (Fsp3) is 0.418. The first kappa shape index (κ1) is 53.6. The standard InChI is InChI=1S/C55H65N9O8S2/c1-31-34(4)74-54-47(31)48(59-43(51-62-61-35(5)64(51)54)27-45(67)56-22-25-71-24-9-23-65)39-14-12-37(13-15-39)38-18-20-42(21-19-38)72-29-46(68)60-50(55(6,7)8)53(70)63-28-41(66)26-44(63)52(69)58-32(2)36-10-16-40(17-11-36)49-33(3)57-30-73-49/h10-21,30,32,41,43-44,50,65-66H,9,22-29H2,1-8H3,(H,56,67)(H,58,69)(H,60,68)/t32-,41+,43-,44-,50+/m0/s1. The average Bonchev–Trinajstić information content (AvgIpc) is 4.15. The van der Waals surface area contributed by atoms with Crippen LogP contribution in [0.25, 0.3) is 26.6 Å². The largest absolute Gasteiger partial charge is 0.484 e. The van der Waals surface area contributed by atoms with Crippen LogP contribution in [-0.4, -0.2) is 122 Å². The maximum Gasteiger partial charge on any atom is 0.258 e. The van der Waals surface area contributed by atoms with E-state index in [9.17, 15) is 24.3 Å². The molecule has 3 aromatic heterocycles. The van der Waals surface area contributed by atoms with Gasteiger partial charge in [-0.2, -0.15) is 0 Å². The smallest absolute Gasteiger partial charge is 0.258 e. The molecule has 8 rings (SSSR count). The van der Waals surface area contributed by atoms with Crippen molar-refractivity contribution in [2.24, 2.45) is 10.4 Å². The Kier molecular flexibility index (Phi) is 16.9. The number of aryl methyl sites for hydroxylation is 3. The molecule has 0 radical (unpaired) electrons. The summed E-state index contributed by atoms with van der Waals surface area (Å²) in [5.41, 5.74) is 9.51. The lowest BCUT2D eigenvalue weighted by atomic mass is 9.85. The van der Waals surface area contributed by atoms with Gasteiger partial charge in [0.15, 0.2) is 12.4 Å². The Morgan fingerprint density at radius 3 is 2.20 bits per heavy atom. The van der Waals surface area contributed by atoms with Crippen LogP contribution in [0.2, 0.25) is 0 Å². The van der Waals surface area contributed by atoms with E-state index in [0.29, 0.717) is 43.6 Å². The maximum absolute atomic E-state index is 14.3. The van der Waals surface area contributed by atoms with Crippen molar-refractivity contribution in [2.75, 3.05) is 39.5 Å². The number of rotatable bonds is 19. The second-order valence-corrected chi connectivity index (χ2v) is 22.0. The fourth-order valence-corrected chi connectivity index (χ4v) is 11.3. The summed E-state index contributed by atoms with van der Waals surface area (Å²) in [4.78, 5) is 68.0. The number of aromatic nitrogens is 4. The van der Waals surface area contributed by atoms with E-state index >= 15 is 0 Å². The first-order chi connectivity index (χ1) is 35.4. The molecule has 1 saturated heterocycles. The quantitative estimate of drug-likeness (QED) is 0.0525. The van der Waals surface area contributed by atoms with Gasteiger partial charge < -0.3 is 40.5 Å². The highest BCUT2D eigenvalue weighted by molar-refractivity contribution is 7.15. The second-order valence-electron chi connectivity index (χ2n) is 19.9. The van der Waals surface area contributed by atoms with Crippen LogP contribution in [0.3, 0.4) is 0 Å². The SMILES string of the molecule is Cc1ncsc1-c1ccc([C@H](C)NC(=O)[C@@H]2C[C@@H](O)CN2C(=O)[C@@H](NC(=O)COc2ccc(-c3ccc(C4=N[C@@H](CC(=O)NCCOCCCO)c5nnc(C)n5-c5sc(C)c(C)c54)cc3)cc2)C(C)(C)C)cc1. The Morgan fingerprint density at radius 1 is 0.865 bits per heavy atom. The van der Waals surface area contributed by atoms with Gasteiger partial charge in [-0.15, -0.1) is 32.9 Å². The van der Waals surface area contributed by atoms with Gasteiger partial charge >= 0.3 is 0 Å². The van der Waals surface area contributed by atoms with E-state index in [1.807, 2.05) is 112 Å². The Balaban J connectivity index is 0.899. The zero-order valence-corrected chi connectivity index (χ0v) is 44.7. The van der Waals surface area contributed by atoms with Gasteiger partial charge in [0.1, 0.15) is 34.7 Å². The topological polar surface area (TPSA) is 222 Å². The van der Waals surface area contributed by atoms with Gasteiger partial charge in [0, 0.05) is 48.7 Å². The summed E-state index contributed by atoms with van der Waals surface area (Å²) < 4.78 is 13.4. The van der Waals surface area contributed by atoms with E-state index in [0.717, 1.165) is 65.1 Å². The van der Waals surface area contributed by atoms with Crippen LogP contribution in [0, 0.1) is 33.1 Å². The van der Waals surface area contributed by atoms with Crippen molar-refractivity contribution < 1.29 is 38.9 Å². The van der Waals surface area contributed by atoms with Gasteiger partial charge in [0.05, 0.1) is 47.0 Å². The van der Waals surface area contributed by atoms with E-state index < -0.39 is 41.5 Å². The van der Waals surface area contributed by atoms with Gasteiger partial charge in [-0.1, -0.05) is 81.4 Å². The van der Waals surface area contributed by atoms with Crippen LogP contribution in [0.1, 0.15) is 104 Å². The van der Waals surface area contributed by atoms with Crippen LogP contribution in [0.15, 0.2) is 83.3 Å². The number of thiophene rings is 1. The number of carbonyl (C=O) groups excluding carboxylic acids is 4. The fourth-order valence-electron chi connectivity index (χ4n) is 9.23. The number of likely N-dealkylation sites (tertiary alicyclic amines) is 1. The van der Waals surface area contributed by atoms with Gasteiger partial charge in [0.25, 0.3) is 5.91 Å². The monoisotopic (exact) mass is 1040 g/mol. The molecule has 19 heteroatoms. The third kappa shape index (κ3) is 12.1. The van der Waals surface area contributed by atoms with Crippen molar-refractivity contribution in [2.45, 2.75) is 105 Å². The summed E-state index contributed by atoms with van der Waals surface area (Å²) >= 11 is 3.21. The molecule has 6 aromatic rings. The third-order valence-corrected chi connectivity index (χ3v) is 15.6. The Bertz CT molecular complexity index is 3000. The molecule has 17 nitrogen and oxygen atoms in total. The number of amides is 4. The summed E-state index contributed by atoms with van der Waals surface area (Å²) in [5, 5.41) is 38.5. The lowest BCUT2D eigenvalue weighted by molar-refractivity contribution is -0.144. The van der Waals surface area contributed by atoms with Crippen LogP contribution in [-0.2, 0) is 23.9 Å². The Labute approximate surface area is 439 Å². The molecule has 2 aliphatic heterocycles. The summed E-state index contributed by atoms with van der Waals surface area (Å²) in [5.74, 6) is 0.209. The molecule has 0 spiro atoms. The molecular formula is C55H65N9O8S2. The van der Waals surface area contributed by atoms with Crippen LogP contribution in [0.5, 0.6) is 5.75 Å². The zero-order chi connectivity index (χ0) is 52.8. The van der Waals surface area contributed by atoms with Crippen LogP contribution >= 0.6 is 22.7 Å². The number of carbonyl (C=O) groups is 4. The number of fused-ring (bicyclic) bond motifs is 3. The molecule has 0 unspecified atom stereocenters. The number of nitrogens with zero attached hydrogens (tertiary/aromatic N) is 6. The highest BCUT2D eigenvalue weighted by Gasteiger charge is 2.45. The zero-order valence-electron chi connectivity index (χ0n) is 43.1. The number of benzene rings is 3. The molecule has 74 heavy (non-hydrogen) atoms. The molecule has 4 amide bonds.